The van der Waals surface area contributed by atoms with Gasteiger partial charge in [-0.2, -0.15) is 0 Å². The molecule has 5 heteroatoms. The number of ether oxygens (including phenoxy) is 1. The average Bonchev–Trinajstić information content (AvgIpc) is 2.33. The normalized spacial score (nSPS) is 10.3. The third-order valence-corrected chi connectivity index (χ3v) is 2.85. The van der Waals surface area contributed by atoms with E-state index < -0.39 is 5.97 Å². The predicted octanol–water partition coefficient (Wildman–Crippen LogP) is 2.63. The molecule has 0 unspecified atom stereocenters. The van der Waals surface area contributed by atoms with Crippen LogP contribution in [0.25, 0.3) is 0 Å². The van der Waals surface area contributed by atoms with Gasteiger partial charge in [0, 0.05) is 12.3 Å². The molecule has 0 bridgehead atoms. The number of nitrogen functional groups attached to an aromatic ring is 1. The molecule has 0 aliphatic rings. The van der Waals surface area contributed by atoms with Gasteiger partial charge in [-0.1, -0.05) is 24.1 Å². The molecule has 0 heterocycles. The van der Waals surface area contributed by atoms with Crippen LogP contribution in [-0.4, -0.2) is 24.3 Å². The summed E-state index contributed by atoms with van der Waals surface area (Å²) < 4.78 is 5.10. The van der Waals surface area contributed by atoms with E-state index in [0.717, 1.165) is 25.7 Å². The van der Waals surface area contributed by atoms with Gasteiger partial charge in [0.2, 0.25) is 0 Å². The Morgan fingerprint density at radius 2 is 2.00 bits per heavy atom. The van der Waals surface area contributed by atoms with Crippen LogP contribution in [0.2, 0.25) is 5.02 Å². The number of halogens is 1. The van der Waals surface area contributed by atoms with E-state index in [1.54, 1.807) is 18.2 Å². The Kier molecular flexibility index (Phi) is 6.54. The molecule has 4 nitrogen and oxygen atoms in total. The highest BCUT2D eigenvalue weighted by molar-refractivity contribution is 6.34. The molecule has 0 amide bonds. The molecule has 3 N–H and O–H groups in total. The third kappa shape index (κ3) is 4.55. The van der Waals surface area contributed by atoms with Crippen molar-refractivity contribution < 1.29 is 14.6 Å². The zero-order valence-electron chi connectivity index (χ0n) is 10.2. The minimum absolute atomic E-state index is 0.204. The molecule has 0 atom stereocenters. The van der Waals surface area contributed by atoms with Gasteiger partial charge in [-0.25, -0.2) is 4.79 Å². The van der Waals surface area contributed by atoms with E-state index in [1.165, 1.54) is 0 Å². The summed E-state index contributed by atoms with van der Waals surface area (Å²) in [5.41, 5.74) is 6.24. The van der Waals surface area contributed by atoms with Crippen molar-refractivity contribution in [2.75, 3.05) is 18.9 Å². The molecule has 1 rings (SSSR count). The maximum atomic E-state index is 11.7. The molecule has 0 saturated heterocycles. The third-order valence-electron chi connectivity index (χ3n) is 2.54. The van der Waals surface area contributed by atoms with E-state index in [1.807, 2.05) is 0 Å². The SMILES string of the molecule is Nc1cccc(Cl)c1C(=O)OCCCCCCO. The number of nitrogens with two attached hydrogens (primary N) is 1. The topological polar surface area (TPSA) is 72.6 Å². The first-order chi connectivity index (χ1) is 8.66. The predicted molar refractivity (Wildman–Crippen MR) is 71.7 cm³/mol. The summed E-state index contributed by atoms with van der Waals surface area (Å²) in [6.45, 7) is 0.546. The zero-order valence-corrected chi connectivity index (χ0v) is 10.9. The second-order valence-electron chi connectivity index (χ2n) is 3.98. The zero-order chi connectivity index (χ0) is 13.4. The highest BCUT2D eigenvalue weighted by atomic mass is 35.5. The molecule has 0 fully saturated rings. The number of rotatable bonds is 7. The summed E-state index contributed by atoms with van der Waals surface area (Å²) in [7, 11) is 0. The van der Waals surface area contributed by atoms with Gasteiger partial charge in [0.25, 0.3) is 0 Å². The van der Waals surface area contributed by atoms with Crippen LogP contribution in [0.3, 0.4) is 0 Å². The van der Waals surface area contributed by atoms with Crippen molar-refractivity contribution >= 4 is 23.3 Å². The summed E-state index contributed by atoms with van der Waals surface area (Å²) in [5.74, 6) is -0.486. The standard InChI is InChI=1S/C13H18ClNO3/c14-10-6-5-7-11(15)12(10)13(17)18-9-4-2-1-3-8-16/h5-7,16H,1-4,8-9,15H2. The van der Waals surface area contributed by atoms with Gasteiger partial charge in [-0.05, 0) is 31.4 Å². The molecule has 0 aliphatic heterocycles. The van der Waals surface area contributed by atoms with E-state index in [9.17, 15) is 4.79 Å². The molecule has 1 aromatic rings. The van der Waals surface area contributed by atoms with E-state index >= 15 is 0 Å². The highest BCUT2D eigenvalue weighted by Gasteiger charge is 2.14. The quantitative estimate of drug-likeness (QED) is 0.454. The molecular weight excluding hydrogens is 254 g/mol. The van der Waals surface area contributed by atoms with Crippen LogP contribution in [0.5, 0.6) is 0 Å². The summed E-state index contributed by atoms with van der Waals surface area (Å²) >= 11 is 5.90. The monoisotopic (exact) mass is 271 g/mol. The van der Waals surface area contributed by atoms with Gasteiger partial charge in [0.15, 0.2) is 0 Å². The van der Waals surface area contributed by atoms with Crippen LogP contribution in [0.4, 0.5) is 5.69 Å². The molecule has 100 valence electrons. The van der Waals surface area contributed by atoms with Crippen LogP contribution in [0.1, 0.15) is 36.0 Å². The number of aliphatic hydroxyl groups excluding tert-OH is 1. The van der Waals surface area contributed by atoms with Crippen LogP contribution in [-0.2, 0) is 4.74 Å². The minimum atomic E-state index is -0.486. The molecule has 1 aromatic carbocycles. The van der Waals surface area contributed by atoms with Crippen molar-refractivity contribution in [3.8, 4) is 0 Å². The Balaban J connectivity index is 2.37. The van der Waals surface area contributed by atoms with Gasteiger partial charge >= 0.3 is 5.97 Å². The number of aliphatic hydroxyl groups is 1. The first-order valence-electron chi connectivity index (χ1n) is 5.98. The number of esters is 1. The highest BCUT2D eigenvalue weighted by Crippen LogP contribution is 2.22. The number of carbonyl (C=O) groups excluding carboxylic acids is 1. The van der Waals surface area contributed by atoms with Crippen molar-refractivity contribution in [2.45, 2.75) is 25.7 Å². The van der Waals surface area contributed by atoms with Crippen molar-refractivity contribution in [3.05, 3.63) is 28.8 Å². The van der Waals surface area contributed by atoms with E-state index in [0.29, 0.717) is 17.3 Å². The Morgan fingerprint density at radius 1 is 1.28 bits per heavy atom. The first-order valence-corrected chi connectivity index (χ1v) is 6.36. The lowest BCUT2D eigenvalue weighted by Gasteiger charge is -2.08. The van der Waals surface area contributed by atoms with Crippen LogP contribution < -0.4 is 5.73 Å². The fraction of sp³-hybridized carbons (Fsp3) is 0.462. The van der Waals surface area contributed by atoms with Crippen molar-refractivity contribution in [1.29, 1.82) is 0 Å². The molecule has 0 radical (unpaired) electrons. The van der Waals surface area contributed by atoms with Crippen LogP contribution in [0, 0.1) is 0 Å². The molecular formula is C13H18ClNO3. The van der Waals surface area contributed by atoms with Crippen LogP contribution in [0.15, 0.2) is 18.2 Å². The second-order valence-corrected chi connectivity index (χ2v) is 4.39. The Morgan fingerprint density at radius 3 is 2.67 bits per heavy atom. The summed E-state index contributed by atoms with van der Waals surface area (Å²) in [4.78, 5) is 11.7. The Labute approximate surface area is 112 Å². The van der Waals surface area contributed by atoms with Gasteiger partial charge in [-0.15, -0.1) is 0 Å². The van der Waals surface area contributed by atoms with Crippen LogP contribution >= 0.6 is 11.6 Å². The summed E-state index contributed by atoms with van der Waals surface area (Å²) in [6.07, 6.45) is 3.41. The fourth-order valence-corrected chi connectivity index (χ4v) is 1.82. The van der Waals surface area contributed by atoms with Crippen molar-refractivity contribution in [2.24, 2.45) is 0 Å². The van der Waals surface area contributed by atoms with Gasteiger partial charge in [0.05, 0.1) is 11.6 Å². The molecule has 0 spiro atoms. The number of hydrogen-bond acceptors (Lipinski definition) is 4. The largest absolute Gasteiger partial charge is 0.462 e. The number of benzene rings is 1. The smallest absolute Gasteiger partial charge is 0.341 e. The number of anilines is 1. The fourth-order valence-electron chi connectivity index (χ4n) is 1.56. The van der Waals surface area contributed by atoms with Gasteiger partial charge in [-0.3, -0.25) is 0 Å². The second kappa shape index (κ2) is 7.95. The molecule has 18 heavy (non-hydrogen) atoms. The maximum Gasteiger partial charge on any atom is 0.341 e. The van der Waals surface area contributed by atoms with Crippen molar-refractivity contribution in [1.82, 2.24) is 0 Å². The Hall–Kier alpha value is -1.26. The van der Waals surface area contributed by atoms with Crippen molar-refractivity contribution in [3.63, 3.8) is 0 Å². The van der Waals surface area contributed by atoms with E-state index in [-0.39, 0.29) is 12.2 Å². The van der Waals surface area contributed by atoms with E-state index in [4.69, 9.17) is 27.2 Å². The first kappa shape index (κ1) is 14.8. The molecule has 0 aromatic heterocycles. The van der Waals surface area contributed by atoms with E-state index in [2.05, 4.69) is 0 Å². The number of unbranched alkanes of at least 4 members (excludes halogenated alkanes) is 3. The average molecular weight is 272 g/mol. The number of carbonyl (C=O) groups is 1. The molecule has 0 aliphatic carbocycles. The lowest BCUT2D eigenvalue weighted by molar-refractivity contribution is 0.0498. The summed E-state index contributed by atoms with van der Waals surface area (Å²) in [6, 6.07) is 4.91. The number of hydrogen-bond donors (Lipinski definition) is 2. The van der Waals surface area contributed by atoms with Gasteiger partial charge in [0.1, 0.15) is 5.56 Å². The van der Waals surface area contributed by atoms with Gasteiger partial charge < -0.3 is 15.6 Å². The maximum absolute atomic E-state index is 11.7. The summed E-state index contributed by atoms with van der Waals surface area (Å²) in [5, 5.41) is 8.91. The lowest BCUT2D eigenvalue weighted by atomic mass is 10.2. The lowest BCUT2D eigenvalue weighted by Crippen LogP contribution is -2.10. The Bertz CT molecular complexity index is 376. The minimum Gasteiger partial charge on any atom is -0.462 e. The molecule has 0 saturated carbocycles.